The van der Waals surface area contributed by atoms with E-state index in [2.05, 4.69) is 0 Å². The summed E-state index contributed by atoms with van der Waals surface area (Å²) < 4.78 is 24.8. The molecule has 3 aromatic rings. The smallest absolute Gasteiger partial charge is 0.231 e. The van der Waals surface area contributed by atoms with Crippen molar-refractivity contribution in [1.29, 1.82) is 0 Å². The van der Waals surface area contributed by atoms with Crippen molar-refractivity contribution < 1.29 is 14.0 Å². The molecule has 0 bridgehead atoms. The Balaban J connectivity index is 1.78. The van der Waals surface area contributed by atoms with Crippen molar-refractivity contribution in [2.75, 3.05) is 6.79 Å². The van der Waals surface area contributed by atoms with Crippen molar-refractivity contribution in [3.05, 3.63) is 84.4 Å². The van der Waals surface area contributed by atoms with Gasteiger partial charge in [0.2, 0.25) is 6.79 Å². The quantitative estimate of drug-likeness (QED) is 0.677. The van der Waals surface area contributed by atoms with Gasteiger partial charge in [-0.1, -0.05) is 66.7 Å². The molecule has 24 heavy (non-hydrogen) atoms. The third kappa shape index (κ3) is 2.72. The van der Waals surface area contributed by atoms with Crippen molar-refractivity contribution in [2.45, 2.75) is 6.16 Å². The maximum Gasteiger partial charge on any atom is 0.231 e. The third-order valence-electron chi connectivity index (χ3n) is 4.19. The van der Waals surface area contributed by atoms with Crippen molar-refractivity contribution in [3.63, 3.8) is 0 Å². The fourth-order valence-electron chi connectivity index (χ4n) is 2.97. The summed E-state index contributed by atoms with van der Waals surface area (Å²) in [6, 6.07) is 25.2. The van der Waals surface area contributed by atoms with Crippen LogP contribution in [0.5, 0.6) is 11.5 Å². The summed E-state index contributed by atoms with van der Waals surface area (Å²) in [7, 11) is -2.77. The topological polar surface area (TPSA) is 35.5 Å². The standard InChI is InChI=1S/C20H17O3P/c21-24(17-7-3-1-4-8-17,18-9-5-2-6-10-18)14-16-11-12-19-20(13-16)23-15-22-19/h1-13H,14-15H2. The highest BCUT2D eigenvalue weighted by molar-refractivity contribution is 7.78. The Hall–Kier alpha value is -2.51. The van der Waals surface area contributed by atoms with Gasteiger partial charge in [-0.25, -0.2) is 0 Å². The minimum Gasteiger partial charge on any atom is -0.454 e. The molecule has 0 aliphatic carbocycles. The summed E-state index contributed by atoms with van der Waals surface area (Å²) in [4.78, 5) is 0. The molecule has 3 nitrogen and oxygen atoms in total. The number of benzene rings is 3. The zero-order valence-corrected chi connectivity index (χ0v) is 14.0. The Morgan fingerprint density at radius 3 is 1.96 bits per heavy atom. The van der Waals surface area contributed by atoms with Crippen LogP contribution < -0.4 is 20.1 Å². The molecule has 0 saturated carbocycles. The number of hydrogen-bond acceptors (Lipinski definition) is 3. The Labute approximate surface area is 141 Å². The minimum absolute atomic E-state index is 0.244. The molecule has 0 atom stereocenters. The molecule has 0 saturated heterocycles. The van der Waals surface area contributed by atoms with Gasteiger partial charge >= 0.3 is 0 Å². The average Bonchev–Trinajstić information content (AvgIpc) is 3.11. The number of ether oxygens (including phenoxy) is 2. The molecule has 0 spiro atoms. The Kier molecular flexibility index (Phi) is 3.87. The lowest BCUT2D eigenvalue weighted by Crippen LogP contribution is -2.17. The van der Waals surface area contributed by atoms with Gasteiger partial charge in [0, 0.05) is 16.8 Å². The van der Waals surface area contributed by atoms with Crippen LogP contribution in [0.3, 0.4) is 0 Å². The van der Waals surface area contributed by atoms with E-state index < -0.39 is 7.14 Å². The highest BCUT2D eigenvalue weighted by Gasteiger charge is 2.28. The maximum absolute atomic E-state index is 14.0. The van der Waals surface area contributed by atoms with E-state index in [1.807, 2.05) is 78.9 Å². The lowest BCUT2D eigenvalue weighted by Gasteiger charge is -2.19. The number of fused-ring (bicyclic) bond motifs is 1. The van der Waals surface area contributed by atoms with Crippen LogP contribution in [0, 0.1) is 0 Å². The molecule has 0 N–H and O–H groups in total. The van der Waals surface area contributed by atoms with Gasteiger partial charge in [-0.2, -0.15) is 0 Å². The largest absolute Gasteiger partial charge is 0.454 e. The first kappa shape index (κ1) is 15.0. The lowest BCUT2D eigenvalue weighted by atomic mass is 10.2. The van der Waals surface area contributed by atoms with E-state index in [1.54, 1.807) is 0 Å². The molecule has 0 fully saturated rings. The second-order valence-electron chi connectivity index (χ2n) is 5.76. The first-order valence-corrected chi connectivity index (χ1v) is 9.74. The van der Waals surface area contributed by atoms with Crippen LogP contribution in [-0.2, 0) is 10.7 Å². The van der Waals surface area contributed by atoms with E-state index in [9.17, 15) is 4.57 Å². The normalized spacial score (nSPS) is 13.0. The Bertz CT molecular complexity index is 848. The summed E-state index contributed by atoms with van der Waals surface area (Å²) >= 11 is 0. The molecule has 0 radical (unpaired) electrons. The molecule has 4 heteroatoms. The molecular formula is C20H17O3P. The maximum atomic E-state index is 14.0. The van der Waals surface area contributed by atoms with Gasteiger partial charge in [-0.05, 0) is 17.7 Å². The van der Waals surface area contributed by atoms with Gasteiger partial charge in [0.1, 0.15) is 7.14 Å². The zero-order valence-electron chi connectivity index (χ0n) is 13.1. The molecular weight excluding hydrogens is 319 g/mol. The predicted molar refractivity (Wildman–Crippen MR) is 96.0 cm³/mol. The monoisotopic (exact) mass is 336 g/mol. The highest BCUT2D eigenvalue weighted by atomic mass is 31.2. The number of hydrogen-bond donors (Lipinski definition) is 0. The molecule has 1 heterocycles. The lowest BCUT2D eigenvalue weighted by molar-refractivity contribution is 0.174. The highest BCUT2D eigenvalue weighted by Crippen LogP contribution is 2.48. The van der Waals surface area contributed by atoms with E-state index in [4.69, 9.17) is 9.47 Å². The first-order chi connectivity index (χ1) is 11.8. The summed E-state index contributed by atoms with van der Waals surface area (Å²) in [5, 5.41) is 1.74. The van der Waals surface area contributed by atoms with E-state index in [1.165, 1.54) is 0 Å². The van der Waals surface area contributed by atoms with Crippen molar-refractivity contribution >= 4 is 17.8 Å². The van der Waals surface area contributed by atoms with Crippen LogP contribution in [0.15, 0.2) is 78.9 Å². The van der Waals surface area contributed by atoms with Crippen LogP contribution in [0.1, 0.15) is 5.56 Å². The molecule has 4 rings (SSSR count). The summed E-state index contributed by atoms with van der Waals surface area (Å²) in [6.45, 7) is 0.244. The SMILES string of the molecule is O=P(Cc1ccc2c(c1)OCO2)(c1ccccc1)c1ccccc1. The van der Waals surface area contributed by atoms with Gasteiger partial charge in [0.25, 0.3) is 0 Å². The molecule has 1 aliphatic heterocycles. The van der Waals surface area contributed by atoms with Crippen LogP contribution in [0.2, 0.25) is 0 Å². The van der Waals surface area contributed by atoms with E-state index in [0.717, 1.165) is 27.7 Å². The summed E-state index contributed by atoms with van der Waals surface area (Å²) in [5.74, 6) is 1.47. The van der Waals surface area contributed by atoms with Crippen LogP contribution in [0.25, 0.3) is 0 Å². The van der Waals surface area contributed by atoms with Crippen LogP contribution >= 0.6 is 7.14 Å². The summed E-state index contributed by atoms with van der Waals surface area (Å²) in [5.41, 5.74) is 0.982. The fourth-order valence-corrected chi connectivity index (χ4v) is 5.65. The number of rotatable bonds is 4. The molecule has 0 aromatic heterocycles. The van der Waals surface area contributed by atoms with Crippen molar-refractivity contribution in [2.24, 2.45) is 0 Å². The molecule has 1 aliphatic rings. The molecule has 120 valence electrons. The van der Waals surface area contributed by atoms with Crippen molar-refractivity contribution in [1.82, 2.24) is 0 Å². The molecule has 3 aromatic carbocycles. The van der Waals surface area contributed by atoms with E-state index in [0.29, 0.717) is 6.16 Å². The second kappa shape index (κ2) is 6.18. The average molecular weight is 336 g/mol. The predicted octanol–water partition coefficient (Wildman–Crippen LogP) is 3.93. The van der Waals surface area contributed by atoms with Crippen LogP contribution in [0.4, 0.5) is 0 Å². The molecule has 0 unspecified atom stereocenters. The van der Waals surface area contributed by atoms with Gasteiger partial charge in [-0.15, -0.1) is 0 Å². The first-order valence-electron chi connectivity index (χ1n) is 7.84. The third-order valence-corrected chi connectivity index (χ3v) is 7.26. The molecule has 0 amide bonds. The van der Waals surface area contributed by atoms with E-state index in [-0.39, 0.29) is 6.79 Å². The van der Waals surface area contributed by atoms with Gasteiger partial charge in [-0.3, -0.25) is 0 Å². The summed E-state index contributed by atoms with van der Waals surface area (Å²) in [6.07, 6.45) is 0.456. The minimum atomic E-state index is -2.77. The van der Waals surface area contributed by atoms with Crippen molar-refractivity contribution in [3.8, 4) is 11.5 Å². The van der Waals surface area contributed by atoms with Crippen LogP contribution in [-0.4, -0.2) is 6.79 Å². The Morgan fingerprint density at radius 1 is 0.750 bits per heavy atom. The second-order valence-corrected chi connectivity index (χ2v) is 8.58. The van der Waals surface area contributed by atoms with Gasteiger partial charge in [0.15, 0.2) is 11.5 Å². The van der Waals surface area contributed by atoms with E-state index >= 15 is 0 Å². The van der Waals surface area contributed by atoms with Gasteiger partial charge < -0.3 is 14.0 Å². The zero-order chi connectivity index (χ0) is 16.4. The fraction of sp³-hybridized carbons (Fsp3) is 0.100. The van der Waals surface area contributed by atoms with Gasteiger partial charge in [0.05, 0.1) is 0 Å². The Morgan fingerprint density at radius 2 is 1.33 bits per heavy atom.